The molecular weight excluding hydrogens is 524 g/mol. The van der Waals surface area contributed by atoms with Crippen LogP contribution in [0.1, 0.15) is 30.4 Å². The van der Waals surface area contributed by atoms with E-state index in [0.29, 0.717) is 30.5 Å². The molecule has 2 aromatic carbocycles. The first-order valence-corrected chi connectivity index (χ1v) is 13.3. The van der Waals surface area contributed by atoms with Gasteiger partial charge in [-0.05, 0) is 79.9 Å². The van der Waals surface area contributed by atoms with Gasteiger partial charge in [-0.15, -0.1) is 0 Å². The van der Waals surface area contributed by atoms with Gasteiger partial charge in [-0.2, -0.15) is 17.5 Å². The van der Waals surface area contributed by atoms with Crippen molar-refractivity contribution in [3.8, 4) is 0 Å². The van der Waals surface area contributed by atoms with E-state index in [2.05, 4.69) is 22.0 Å². The summed E-state index contributed by atoms with van der Waals surface area (Å²) in [5, 5.41) is 2.72. The molecule has 1 saturated heterocycles. The number of amides is 1. The van der Waals surface area contributed by atoms with E-state index in [4.69, 9.17) is 0 Å². The highest BCUT2D eigenvalue weighted by Gasteiger charge is 2.54. The monoisotopic (exact) mass is 550 g/mol. The zero-order chi connectivity index (χ0) is 27.7. The number of carbonyl (C=O) groups excluding carboxylic acids is 1. The van der Waals surface area contributed by atoms with Crippen LogP contribution < -0.4 is 5.32 Å². The molecule has 12 heteroatoms. The van der Waals surface area contributed by atoms with Crippen molar-refractivity contribution in [1.82, 2.24) is 9.62 Å². The maximum atomic E-state index is 13.4. The van der Waals surface area contributed by atoms with Gasteiger partial charge in [-0.25, -0.2) is 12.8 Å². The van der Waals surface area contributed by atoms with Crippen LogP contribution in [0.3, 0.4) is 0 Å². The quantitative estimate of drug-likeness (QED) is 0.395. The molecule has 0 radical (unpaired) electrons. The Hall–Kier alpha value is -3.38. The fraction of sp³-hybridized carbons (Fsp3) is 0.346. The molecule has 0 spiro atoms. The Kier molecular flexibility index (Phi) is 7.84. The van der Waals surface area contributed by atoms with Crippen LogP contribution in [0.5, 0.6) is 0 Å². The number of fused-ring (bicyclic) bond motifs is 2. The molecule has 0 unspecified atom stereocenters. The Labute approximate surface area is 218 Å². The summed E-state index contributed by atoms with van der Waals surface area (Å²) in [7, 11) is -2.57. The van der Waals surface area contributed by atoms with Gasteiger partial charge in [0.15, 0.2) is 0 Å². The summed E-state index contributed by atoms with van der Waals surface area (Å²) in [6.45, 7) is 3.40. The maximum Gasteiger partial charge on any atom is 0.416 e. The van der Waals surface area contributed by atoms with Crippen molar-refractivity contribution in [2.24, 2.45) is 15.9 Å². The summed E-state index contributed by atoms with van der Waals surface area (Å²) < 4.78 is 80.0. The molecule has 202 valence electrons. The third-order valence-electron chi connectivity index (χ3n) is 6.88. The molecule has 2 aromatic rings. The average molecular weight is 551 g/mol. The minimum absolute atomic E-state index is 0.0852. The van der Waals surface area contributed by atoms with Crippen molar-refractivity contribution in [3.63, 3.8) is 0 Å². The molecule has 3 atom stereocenters. The number of nitrogens with one attached hydrogen (secondary N) is 1. The van der Waals surface area contributed by atoms with Crippen LogP contribution in [0.4, 0.5) is 17.6 Å². The zero-order valence-electron chi connectivity index (χ0n) is 20.5. The number of rotatable bonds is 8. The lowest BCUT2D eigenvalue weighted by molar-refractivity contribution is -0.137. The van der Waals surface area contributed by atoms with Crippen LogP contribution in [0.2, 0.25) is 0 Å². The number of sulfonamides is 1. The minimum Gasteiger partial charge on any atom is -0.349 e. The number of benzene rings is 2. The van der Waals surface area contributed by atoms with Crippen LogP contribution in [0.15, 0.2) is 75.2 Å². The van der Waals surface area contributed by atoms with E-state index >= 15 is 0 Å². The highest BCUT2D eigenvalue weighted by Crippen LogP contribution is 2.45. The molecule has 2 bridgehead atoms. The largest absolute Gasteiger partial charge is 0.416 e. The third kappa shape index (κ3) is 5.56. The van der Waals surface area contributed by atoms with Gasteiger partial charge in [-0.1, -0.05) is 12.1 Å². The van der Waals surface area contributed by atoms with E-state index < -0.39 is 39.5 Å². The van der Waals surface area contributed by atoms with Crippen molar-refractivity contribution in [2.75, 3.05) is 13.6 Å². The number of piperidine rings is 1. The van der Waals surface area contributed by atoms with E-state index in [1.165, 1.54) is 41.7 Å². The highest BCUT2D eigenvalue weighted by atomic mass is 32.2. The number of carbonyl (C=O) groups is 1. The third-order valence-corrected chi connectivity index (χ3v) is 8.83. The normalized spacial score (nSPS) is 22.5. The molecule has 0 aromatic heterocycles. The summed E-state index contributed by atoms with van der Waals surface area (Å²) in [5.41, 5.74) is 0.240. The van der Waals surface area contributed by atoms with Gasteiger partial charge in [0.05, 0.1) is 28.4 Å². The number of halogens is 4. The van der Waals surface area contributed by atoms with Crippen LogP contribution in [-0.4, -0.2) is 56.7 Å². The SMILES string of the molecule is C=N/C(=C\C(=N/C)c1ccc(C(F)(F)F)cc1)CNC(=O)[C@@H]1[C@H]2CC[C@H](C2)N1S(=O)(=O)c1ccc(F)cc1. The van der Waals surface area contributed by atoms with Crippen molar-refractivity contribution in [1.29, 1.82) is 0 Å². The van der Waals surface area contributed by atoms with Gasteiger partial charge in [0.1, 0.15) is 11.9 Å². The highest BCUT2D eigenvalue weighted by molar-refractivity contribution is 7.89. The molecule has 2 fully saturated rings. The fourth-order valence-corrected chi connectivity index (χ4v) is 6.92. The van der Waals surface area contributed by atoms with Gasteiger partial charge in [0.25, 0.3) is 0 Å². The smallest absolute Gasteiger partial charge is 0.349 e. The predicted molar refractivity (Wildman–Crippen MR) is 135 cm³/mol. The van der Waals surface area contributed by atoms with E-state index in [9.17, 15) is 30.8 Å². The van der Waals surface area contributed by atoms with Crippen molar-refractivity contribution < 1.29 is 30.8 Å². The van der Waals surface area contributed by atoms with Gasteiger partial charge < -0.3 is 5.32 Å². The van der Waals surface area contributed by atoms with Crippen molar-refractivity contribution >= 4 is 28.4 Å². The van der Waals surface area contributed by atoms with E-state index in [1.807, 2.05) is 0 Å². The number of allylic oxidation sites excluding steroid dienone is 1. The second-order valence-corrected chi connectivity index (χ2v) is 11.0. The first-order valence-electron chi connectivity index (χ1n) is 11.8. The summed E-state index contributed by atoms with van der Waals surface area (Å²) >= 11 is 0. The van der Waals surface area contributed by atoms with Crippen LogP contribution in [-0.2, 0) is 21.0 Å². The minimum atomic E-state index is -4.46. The molecule has 1 N–H and O–H groups in total. The molecule has 1 amide bonds. The topological polar surface area (TPSA) is 91.2 Å². The van der Waals surface area contributed by atoms with E-state index in [-0.39, 0.29) is 29.1 Å². The van der Waals surface area contributed by atoms with E-state index in [0.717, 1.165) is 24.3 Å². The van der Waals surface area contributed by atoms with Gasteiger partial charge >= 0.3 is 6.18 Å². The van der Waals surface area contributed by atoms with Crippen LogP contribution in [0, 0.1) is 11.7 Å². The second-order valence-electron chi connectivity index (χ2n) is 9.16. The lowest BCUT2D eigenvalue weighted by Crippen LogP contribution is -2.52. The van der Waals surface area contributed by atoms with Crippen molar-refractivity contribution in [2.45, 2.75) is 42.4 Å². The van der Waals surface area contributed by atoms with Gasteiger partial charge in [0.2, 0.25) is 15.9 Å². The molecule has 38 heavy (non-hydrogen) atoms. The average Bonchev–Trinajstić information content (AvgIpc) is 3.51. The molecule has 1 saturated carbocycles. The Bertz CT molecular complexity index is 1370. The fourth-order valence-electron chi connectivity index (χ4n) is 5.05. The Morgan fingerprint density at radius 1 is 1.13 bits per heavy atom. The standard InChI is InChI=1S/C26H26F4N4O3S/c1-31-20(14-23(32-2)16-3-6-18(7-4-16)26(28,29)30)15-33-25(35)24-17-5-10-21(13-17)34(24)38(36,37)22-11-8-19(27)9-12-22/h3-4,6-9,11-12,14,17,21,24H,1,5,10,13,15H2,2H3,(H,33,35)/b20-14-,32-23+/t17-,21+,24-/m0/s1. The Balaban J connectivity index is 1.50. The predicted octanol–water partition coefficient (Wildman–Crippen LogP) is 4.21. The second kappa shape index (κ2) is 10.8. The number of nitrogens with zero attached hydrogens (tertiary/aromatic N) is 3. The number of aliphatic imine (C=N–C) groups is 2. The van der Waals surface area contributed by atoms with Gasteiger partial charge in [0, 0.05) is 13.1 Å². The van der Waals surface area contributed by atoms with Crippen molar-refractivity contribution in [3.05, 3.63) is 77.2 Å². The number of alkyl halides is 3. The molecular formula is C26H26F4N4O3S. The van der Waals surface area contributed by atoms with Crippen LogP contribution in [0.25, 0.3) is 0 Å². The maximum absolute atomic E-state index is 13.4. The summed E-state index contributed by atoms with van der Waals surface area (Å²) in [6, 6.07) is 7.70. The lowest BCUT2D eigenvalue weighted by atomic mass is 9.99. The molecule has 1 aliphatic heterocycles. The molecule has 2 aliphatic rings. The first-order chi connectivity index (χ1) is 18.0. The first kappa shape index (κ1) is 27.6. The number of hydrogen-bond acceptors (Lipinski definition) is 5. The van der Waals surface area contributed by atoms with Gasteiger partial charge in [-0.3, -0.25) is 14.8 Å². The Morgan fingerprint density at radius 2 is 1.79 bits per heavy atom. The number of hydrogen-bond donors (Lipinski definition) is 1. The van der Waals surface area contributed by atoms with E-state index in [1.54, 1.807) is 0 Å². The summed E-state index contributed by atoms with van der Waals surface area (Å²) in [4.78, 5) is 21.2. The summed E-state index contributed by atoms with van der Waals surface area (Å²) in [5.74, 6) is -1.22. The Morgan fingerprint density at radius 3 is 2.37 bits per heavy atom. The zero-order valence-corrected chi connectivity index (χ0v) is 21.3. The molecule has 1 heterocycles. The van der Waals surface area contributed by atoms with Crippen LogP contribution >= 0.6 is 0 Å². The molecule has 1 aliphatic carbocycles. The lowest BCUT2D eigenvalue weighted by Gasteiger charge is -2.33. The summed E-state index contributed by atoms with van der Waals surface area (Å²) in [6.07, 6.45) is -1.07. The molecule has 7 nitrogen and oxygen atoms in total. The molecule has 4 rings (SSSR count).